The van der Waals surface area contributed by atoms with Crippen molar-refractivity contribution in [1.29, 1.82) is 0 Å². The highest BCUT2D eigenvalue weighted by Gasteiger charge is 2.36. The molecule has 1 saturated heterocycles. The lowest BCUT2D eigenvalue weighted by Crippen LogP contribution is -2.47. The summed E-state index contributed by atoms with van der Waals surface area (Å²) in [5.74, 6) is -1.76. The first-order valence-corrected chi connectivity index (χ1v) is 11.2. The van der Waals surface area contributed by atoms with Crippen LogP contribution in [0.5, 0.6) is 0 Å². The predicted octanol–water partition coefficient (Wildman–Crippen LogP) is 1.77. The molecule has 1 atom stereocenters. The molecule has 30 heavy (non-hydrogen) atoms. The average molecular weight is 472 g/mol. The van der Waals surface area contributed by atoms with Crippen molar-refractivity contribution in [3.8, 4) is 0 Å². The van der Waals surface area contributed by atoms with Gasteiger partial charge in [0.05, 0.1) is 18.0 Å². The Kier molecular flexibility index (Phi) is 7.32. The summed E-state index contributed by atoms with van der Waals surface area (Å²) in [6.45, 7) is 0.213. The van der Waals surface area contributed by atoms with Gasteiger partial charge in [0.2, 0.25) is 10.0 Å². The highest BCUT2D eigenvalue weighted by atomic mass is 35.5. The van der Waals surface area contributed by atoms with Crippen LogP contribution in [0, 0.1) is 0 Å². The van der Waals surface area contributed by atoms with E-state index >= 15 is 0 Å². The first kappa shape index (κ1) is 22.5. The monoisotopic (exact) mass is 471 g/mol. The van der Waals surface area contributed by atoms with Crippen LogP contribution in [0.1, 0.15) is 5.56 Å². The maximum Gasteiger partial charge on any atom is 0.309 e. The van der Waals surface area contributed by atoms with E-state index in [1.807, 2.05) is 0 Å². The molecule has 11 heteroatoms. The molecule has 0 saturated carbocycles. The van der Waals surface area contributed by atoms with E-state index in [-0.39, 0.29) is 31.1 Å². The highest BCUT2D eigenvalue weighted by Crippen LogP contribution is 2.23. The summed E-state index contributed by atoms with van der Waals surface area (Å²) in [7, 11) is -3.84. The zero-order chi connectivity index (χ0) is 21.7. The van der Waals surface area contributed by atoms with Gasteiger partial charge in [0, 0.05) is 23.1 Å². The summed E-state index contributed by atoms with van der Waals surface area (Å²) in [5.41, 5.74) is 0.666. The van der Waals surface area contributed by atoms with Crippen LogP contribution in [0.15, 0.2) is 53.4 Å². The maximum atomic E-state index is 12.8. The van der Waals surface area contributed by atoms with E-state index in [2.05, 4.69) is 10.6 Å². The second-order valence-electron chi connectivity index (χ2n) is 6.38. The number of sulfonamides is 1. The largest absolute Gasteiger partial charge is 0.359 e. The van der Waals surface area contributed by atoms with Crippen LogP contribution in [0.3, 0.4) is 0 Å². The summed E-state index contributed by atoms with van der Waals surface area (Å²) in [4.78, 5) is 24.1. The van der Waals surface area contributed by atoms with Crippen LogP contribution < -0.4 is 10.6 Å². The quantitative estimate of drug-likeness (QED) is 0.624. The van der Waals surface area contributed by atoms with Gasteiger partial charge in [-0.25, -0.2) is 8.42 Å². The molecule has 2 N–H and O–H groups in total. The minimum atomic E-state index is -3.84. The van der Waals surface area contributed by atoms with Crippen LogP contribution in [0.25, 0.3) is 0 Å². The van der Waals surface area contributed by atoms with E-state index in [9.17, 15) is 18.0 Å². The number of hydrogen-bond donors (Lipinski definition) is 2. The molecule has 0 unspecified atom stereocenters. The topological polar surface area (TPSA) is 105 Å². The Labute approximate surface area is 184 Å². The second-order valence-corrected chi connectivity index (χ2v) is 9.11. The van der Waals surface area contributed by atoms with Crippen molar-refractivity contribution < 1.29 is 22.7 Å². The summed E-state index contributed by atoms with van der Waals surface area (Å²) in [6.07, 6.45) is -0.925. The lowest BCUT2D eigenvalue weighted by Gasteiger charge is -2.22. The summed E-state index contributed by atoms with van der Waals surface area (Å²) in [5, 5.41) is 5.76. The molecule has 0 radical (unpaired) electrons. The molecule has 160 valence electrons. The van der Waals surface area contributed by atoms with Crippen LogP contribution >= 0.6 is 23.2 Å². The minimum Gasteiger partial charge on any atom is -0.359 e. The zero-order valence-electron chi connectivity index (χ0n) is 15.7. The third-order valence-corrected chi connectivity index (χ3v) is 6.93. The Balaban J connectivity index is 1.56. The average Bonchev–Trinajstić information content (AvgIpc) is 3.21. The zero-order valence-corrected chi connectivity index (χ0v) is 18.0. The number of halogens is 2. The molecule has 2 aromatic carbocycles. The van der Waals surface area contributed by atoms with Crippen molar-refractivity contribution in [2.45, 2.75) is 17.7 Å². The Morgan fingerprint density at radius 2 is 1.70 bits per heavy atom. The van der Waals surface area contributed by atoms with Crippen molar-refractivity contribution >= 4 is 45.0 Å². The first-order valence-electron chi connectivity index (χ1n) is 8.97. The number of carbonyl (C=O) groups is 2. The molecule has 1 aliphatic heterocycles. The molecule has 2 amide bonds. The molecule has 1 heterocycles. The first-order chi connectivity index (χ1) is 14.3. The fraction of sp³-hybridized carbons (Fsp3) is 0.263. The number of carbonyl (C=O) groups excluding carboxylic acids is 2. The molecule has 3 rings (SSSR count). The number of hydrogen-bond acceptors (Lipinski definition) is 5. The van der Waals surface area contributed by atoms with Gasteiger partial charge < -0.3 is 15.4 Å². The number of nitrogens with one attached hydrogen (secondary N) is 2. The summed E-state index contributed by atoms with van der Waals surface area (Å²) >= 11 is 11.8. The number of rotatable bonds is 6. The Morgan fingerprint density at radius 3 is 2.40 bits per heavy atom. The molecule has 8 nitrogen and oxygen atoms in total. The van der Waals surface area contributed by atoms with Gasteiger partial charge in [-0.1, -0.05) is 41.4 Å². The predicted molar refractivity (Wildman–Crippen MR) is 111 cm³/mol. The Hall–Kier alpha value is -2.17. The second kappa shape index (κ2) is 9.76. The molecule has 2 aromatic rings. The van der Waals surface area contributed by atoms with E-state index in [4.69, 9.17) is 27.9 Å². The molecule has 0 aromatic heterocycles. The highest BCUT2D eigenvalue weighted by molar-refractivity contribution is 7.89. The summed E-state index contributed by atoms with van der Waals surface area (Å²) < 4.78 is 32.2. The number of amides is 2. The van der Waals surface area contributed by atoms with Crippen molar-refractivity contribution in [2.24, 2.45) is 0 Å². The van der Waals surface area contributed by atoms with Gasteiger partial charge in [0.15, 0.2) is 0 Å². The van der Waals surface area contributed by atoms with Crippen molar-refractivity contribution in [1.82, 2.24) is 14.9 Å². The number of nitrogens with zero attached hydrogens (tertiary/aromatic N) is 1. The van der Waals surface area contributed by atoms with Gasteiger partial charge in [0.25, 0.3) is 0 Å². The van der Waals surface area contributed by atoms with Crippen molar-refractivity contribution in [3.05, 3.63) is 64.1 Å². The van der Waals surface area contributed by atoms with E-state index in [1.165, 1.54) is 24.3 Å². The van der Waals surface area contributed by atoms with Gasteiger partial charge in [-0.15, -0.1) is 0 Å². The van der Waals surface area contributed by atoms with E-state index in [0.717, 1.165) is 4.31 Å². The van der Waals surface area contributed by atoms with E-state index < -0.39 is 28.1 Å². The normalized spacial score (nSPS) is 16.9. The lowest BCUT2D eigenvalue weighted by molar-refractivity contribution is -0.139. The molecule has 1 fully saturated rings. The van der Waals surface area contributed by atoms with E-state index in [0.29, 0.717) is 15.6 Å². The maximum absolute atomic E-state index is 12.8. The third kappa shape index (κ3) is 5.30. The minimum absolute atomic E-state index is 0.0613. The fourth-order valence-corrected chi connectivity index (χ4v) is 4.68. The molecule has 0 bridgehead atoms. The van der Waals surface area contributed by atoms with Crippen LogP contribution in [0.4, 0.5) is 0 Å². The van der Waals surface area contributed by atoms with Crippen molar-refractivity contribution in [2.75, 3.05) is 19.7 Å². The molecule has 0 aliphatic carbocycles. The standard InChI is InChI=1S/C19H19Cl2N3O5S/c20-14-5-7-15(8-6-14)30(27,28)24-9-10-29-17(24)12-23-19(26)18(25)22-11-13-3-1-2-4-16(13)21/h1-8,17H,9-12H2,(H,22,25)(H,23,26)/t17-/m1/s1. The van der Waals surface area contributed by atoms with Crippen LogP contribution in [-0.2, 0) is 30.9 Å². The van der Waals surface area contributed by atoms with Gasteiger partial charge in [-0.2, -0.15) is 4.31 Å². The lowest BCUT2D eigenvalue weighted by atomic mass is 10.2. The fourth-order valence-electron chi connectivity index (χ4n) is 2.84. The summed E-state index contributed by atoms with van der Waals surface area (Å²) in [6, 6.07) is 12.7. The molecular formula is C19H19Cl2N3O5S. The van der Waals surface area contributed by atoms with Crippen LogP contribution in [0.2, 0.25) is 10.0 Å². The van der Waals surface area contributed by atoms with Gasteiger partial charge in [0.1, 0.15) is 6.23 Å². The van der Waals surface area contributed by atoms with Crippen LogP contribution in [-0.4, -0.2) is 50.5 Å². The Morgan fingerprint density at radius 1 is 1.03 bits per heavy atom. The number of ether oxygens (including phenoxy) is 1. The third-order valence-electron chi connectivity index (χ3n) is 4.40. The number of benzene rings is 2. The molecule has 0 spiro atoms. The van der Waals surface area contributed by atoms with E-state index in [1.54, 1.807) is 24.3 Å². The van der Waals surface area contributed by atoms with Gasteiger partial charge in [-0.05, 0) is 35.9 Å². The molecular weight excluding hydrogens is 453 g/mol. The smallest absolute Gasteiger partial charge is 0.309 e. The van der Waals surface area contributed by atoms with Gasteiger partial charge in [-0.3, -0.25) is 9.59 Å². The Bertz CT molecular complexity index is 1030. The van der Waals surface area contributed by atoms with Crippen molar-refractivity contribution in [3.63, 3.8) is 0 Å². The SMILES string of the molecule is O=C(NCc1ccccc1Cl)C(=O)NC[C@H]1OCCN1S(=O)(=O)c1ccc(Cl)cc1. The molecule has 1 aliphatic rings. The van der Waals surface area contributed by atoms with Gasteiger partial charge >= 0.3 is 11.8 Å².